The van der Waals surface area contributed by atoms with Crippen molar-refractivity contribution in [2.45, 2.75) is 82.3 Å². The maximum Gasteiger partial charge on any atom is 0.116 e. The predicted octanol–water partition coefficient (Wildman–Crippen LogP) is 2.92. The number of hydrogen-bond donors (Lipinski definition) is 2. The molecule has 2 N–H and O–H groups in total. The highest BCUT2D eigenvalue weighted by molar-refractivity contribution is 5.85. The minimum atomic E-state index is 0.114. The number of nitrogens with one attached hydrogen (secondary N) is 2. The van der Waals surface area contributed by atoms with Crippen molar-refractivity contribution in [3.63, 3.8) is 0 Å². The van der Waals surface area contributed by atoms with Crippen molar-refractivity contribution in [2.24, 2.45) is 0 Å². The molecule has 4 heteroatoms. The Morgan fingerprint density at radius 2 is 1.48 bits per heavy atom. The molecule has 0 aromatic carbocycles. The molecule has 0 aromatic heterocycles. The van der Waals surface area contributed by atoms with Gasteiger partial charge in [-0.25, -0.2) is 0 Å². The molecule has 21 heavy (non-hydrogen) atoms. The van der Waals surface area contributed by atoms with Gasteiger partial charge in [0.2, 0.25) is 0 Å². The Labute approximate surface area is 129 Å². The smallest absolute Gasteiger partial charge is 0.116 e. The molecule has 1 heterocycles. The summed E-state index contributed by atoms with van der Waals surface area (Å²) < 4.78 is 5.60. The van der Waals surface area contributed by atoms with Gasteiger partial charge in [-0.15, -0.1) is 0 Å². The highest BCUT2D eigenvalue weighted by Crippen LogP contribution is 2.31. The molecule has 4 nitrogen and oxygen atoms in total. The lowest BCUT2D eigenvalue weighted by Crippen LogP contribution is -2.58. The lowest BCUT2D eigenvalue weighted by atomic mass is 9.88. The Morgan fingerprint density at radius 1 is 0.905 bits per heavy atom. The van der Waals surface area contributed by atoms with Gasteiger partial charge >= 0.3 is 0 Å². The molecule has 3 fully saturated rings. The summed E-state index contributed by atoms with van der Waals surface area (Å²) in [4.78, 5) is 2.52. The molecule has 1 aliphatic heterocycles. The van der Waals surface area contributed by atoms with Crippen LogP contribution in [0, 0.1) is 5.41 Å². The Bertz CT molecular complexity index is 311. The van der Waals surface area contributed by atoms with E-state index in [1.807, 2.05) is 0 Å². The predicted molar refractivity (Wildman–Crippen MR) is 85.9 cm³/mol. The monoisotopic (exact) mass is 293 g/mol. The van der Waals surface area contributed by atoms with Crippen LogP contribution in [0.3, 0.4) is 0 Å². The lowest BCUT2D eigenvalue weighted by Gasteiger charge is -2.45. The normalized spacial score (nSPS) is 29.2. The molecule has 2 saturated carbocycles. The third-order valence-corrected chi connectivity index (χ3v) is 5.47. The Morgan fingerprint density at radius 3 is 1.95 bits per heavy atom. The summed E-state index contributed by atoms with van der Waals surface area (Å²) in [7, 11) is 0. The van der Waals surface area contributed by atoms with Gasteiger partial charge in [0.15, 0.2) is 0 Å². The first-order valence-electron chi connectivity index (χ1n) is 9.04. The van der Waals surface area contributed by atoms with Crippen LogP contribution < -0.4 is 5.32 Å². The average molecular weight is 293 g/mol. The van der Waals surface area contributed by atoms with Gasteiger partial charge in [0.25, 0.3) is 0 Å². The van der Waals surface area contributed by atoms with Crippen LogP contribution >= 0.6 is 0 Å². The van der Waals surface area contributed by atoms with Crippen LogP contribution in [0.1, 0.15) is 64.2 Å². The van der Waals surface area contributed by atoms with Gasteiger partial charge in [0.1, 0.15) is 5.84 Å². The van der Waals surface area contributed by atoms with E-state index in [0.29, 0.717) is 18.7 Å². The SMILES string of the molecule is N=C(C1COCCN1)N(C1CCCCC1)C1CCCCC1. The van der Waals surface area contributed by atoms with E-state index in [1.54, 1.807) is 0 Å². The van der Waals surface area contributed by atoms with Crippen molar-refractivity contribution < 1.29 is 4.74 Å². The van der Waals surface area contributed by atoms with Gasteiger partial charge in [0.05, 0.1) is 19.3 Å². The van der Waals surface area contributed by atoms with E-state index < -0.39 is 0 Å². The zero-order chi connectivity index (χ0) is 14.5. The van der Waals surface area contributed by atoms with Crippen molar-refractivity contribution in [1.82, 2.24) is 10.2 Å². The third-order valence-electron chi connectivity index (χ3n) is 5.47. The summed E-state index contributed by atoms with van der Waals surface area (Å²) in [6.45, 7) is 2.35. The molecule has 0 aromatic rings. The van der Waals surface area contributed by atoms with E-state index in [2.05, 4.69) is 10.2 Å². The number of nitrogens with zero attached hydrogens (tertiary/aromatic N) is 1. The van der Waals surface area contributed by atoms with Crippen molar-refractivity contribution in [1.29, 1.82) is 5.41 Å². The quantitative estimate of drug-likeness (QED) is 0.621. The van der Waals surface area contributed by atoms with Gasteiger partial charge in [-0.1, -0.05) is 38.5 Å². The van der Waals surface area contributed by atoms with E-state index in [1.165, 1.54) is 64.2 Å². The van der Waals surface area contributed by atoms with Gasteiger partial charge in [0, 0.05) is 18.6 Å². The van der Waals surface area contributed by atoms with Gasteiger partial charge < -0.3 is 15.0 Å². The van der Waals surface area contributed by atoms with E-state index in [0.717, 1.165) is 19.0 Å². The molecule has 1 atom stereocenters. The second-order valence-electron chi connectivity index (χ2n) is 6.96. The maximum atomic E-state index is 8.80. The fourth-order valence-electron chi connectivity index (χ4n) is 4.33. The first kappa shape index (κ1) is 15.3. The van der Waals surface area contributed by atoms with E-state index in [-0.39, 0.29) is 6.04 Å². The molecule has 0 radical (unpaired) electrons. The maximum absolute atomic E-state index is 8.80. The summed E-state index contributed by atoms with van der Waals surface area (Å²) in [6, 6.07) is 1.33. The zero-order valence-corrected chi connectivity index (χ0v) is 13.3. The molecule has 0 amide bonds. The number of amidine groups is 1. The third kappa shape index (κ3) is 3.78. The number of ether oxygens (including phenoxy) is 1. The second kappa shape index (κ2) is 7.59. The van der Waals surface area contributed by atoms with Crippen molar-refractivity contribution in [3.05, 3.63) is 0 Å². The minimum Gasteiger partial charge on any atom is -0.378 e. The fourth-order valence-corrected chi connectivity index (χ4v) is 4.33. The second-order valence-corrected chi connectivity index (χ2v) is 6.96. The molecule has 1 unspecified atom stereocenters. The van der Waals surface area contributed by atoms with Gasteiger partial charge in [-0.05, 0) is 25.7 Å². The van der Waals surface area contributed by atoms with Crippen LogP contribution in [0.25, 0.3) is 0 Å². The van der Waals surface area contributed by atoms with Crippen LogP contribution in [-0.2, 0) is 4.74 Å². The number of hydrogen-bond acceptors (Lipinski definition) is 3. The van der Waals surface area contributed by atoms with Crippen LogP contribution in [0.4, 0.5) is 0 Å². The first-order valence-corrected chi connectivity index (χ1v) is 9.04. The number of morpholine rings is 1. The molecule has 3 rings (SSSR count). The Balaban J connectivity index is 1.71. The van der Waals surface area contributed by atoms with Crippen LogP contribution in [0.2, 0.25) is 0 Å². The van der Waals surface area contributed by atoms with Gasteiger partial charge in [-0.2, -0.15) is 0 Å². The van der Waals surface area contributed by atoms with E-state index in [4.69, 9.17) is 10.1 Å². The van der Waals surface area contributed by atoms with Crippen molar-refractivity contribution in [3.8, 4) is 0 Å². The van der Waals surface area contributed by atoms with Gasteiger partial charge in [-0.3, -0.25) is 5.41 Å². The Kier molecular flexibility index (Phi) is 5.53. The fraction of sp³-hybridized carbons (Fsp3) is 0.941. The molecule has 3 aliphatic rings. The van der Waals surface area contributed by atoms with E-state index in [9.17, 15) is 0 Å². The molecular formula is C17H31N3O. The number of rotatable bonds is 3. The molecule has 2 aliphatic carbocycles. The summed E-state index contributed by atoms with van der Waals surface area (Å²) in [5.41, 5.74) is 0. The Hall–Kier alpha value is -0.610. The summed E-state index contributed by atoms with van der Waals surface area (Å²) in [5, 5.41) is 12.3. The molecule has 0 bridgehead atoms. The highest BCUT2D eigenvalue weighted by atomic mass is 16.5. The average Bonchev–Trinajstić information content (AvgIpc) is 2.58. The van der Waals surface area contributed by atoms with Crippen LogP contribution in [-0.4, -0.2) is 48.6 Å². The van der Waals surface area contributed by atoms with E-state index >= 15 is 0 Å². The minimum absolute atomic E-state index is 0.114. The standard InChI is InChI=1S/C17H31N3O/c18-17(16-13-21-12-11-19-16)20(14-7-3-1-4-8-14)15-9-5-2-6-10-15/h14-16,18-19H,1-13H2. The van der Waals surface area contributed by atoms with Crippen molar-refractivity contribution >= 4 is 5.84 Å². The topological polar surface area (TPSA) is 48.4 Å². The lowest BCUT2D eigenvalue weighted by molar-refractivity contribution is 0.0826. The largest absolute Gasteiger partial charge is 0.378 e. The molecule has 1 saturated heterocycles. The molecular weight excluding hydrogens is 262 g/mol. The summed E-state index contributed by atoms with van der Waals surface area (Å²) >= 11 is 0. The van der Waals surface area contributed by atoms with Crippen molar-refractivity contribution in [2.75, 3.05) is 19.8 Å². The highest BCUT2D eigenvalue weighted by Gasteiger charge is 2.34. The zero-order valence-electron chi connectivity index (χ0n) is 13.3. The summed E-state index contributed by atoms with van der Waals surface area (Å²) in [6.07, 6.45) is 13.3. The van der Waals surface area contributed by atoms with Crippen LogP contribution in [0.15, 0.2) is 0 Å². The summed E-state index contributed by atoms with van der Waals surface area (Å²) in [5.74, 6) is 0.813. The molecule has 120 valence electrons. The molecule has 0 spiro atoms. The van der Waals surface area contributed by atoms with Crippen LogP contribution in [0.5, 0.6) is 0 Å². The first-order chi connectivity index (χ1) is 10.4.